The van der Waals surface area contributed by atoms with Gasteiger partial charge >= 0.3 is 0 Å². The van der Waals surface area contributed by atoms with Crippen molar-refractivity contribution < 1.29 is 9.21 Å². The molecule has 1 fully saturated rings. The van der Waals surface area contributed by atoms with Crippen LogP contribution in [0.4, 0.5) is 0 Å². The van der Waals surface area contributed by atoms with Crippen LogP contribution < -0.4 is 0 Å². The van der Waals surface area contributed by atoms with Crippen molar-refractivity contribution in [3.63, 3.8) is 0 Å². The van der Waals surface area contributed by atoms with Gasteiger partial charge in [0.25, 0.3) is 5.91 Å². The molecule has 0 spiro atoms. The summed E-state index contributed by atoms with van der Waals surface area (Å²) in [6.45, 7) is 5.12. The zero-order valence-corrected chi connectivity index (χ0v) is 13.0. The molecule has 1 aromatic heterocycles. The van der Waals surface area contributed by atoms with Crippen LogP contribution in [0.5, 0.6) is 0 Å². The molecule has 0 radical (unpaired) electrons. The van der Waals surface area contributed by atoms with E-state index in [0.717, 1.165) is 23.4 Å². The van der Waals surface area contributed by atoms with Gasteiger partial charge in [-0.15, -0.1) is 0 Å². The van der Waals surface area contributed by atoms with Gasteiger partial charge in [-0.1, -0.05) is 19.1 Å². The third-order valence-electron chi connectivity index (χ3n) is 3.99. The van der Waals surface area contributed by atoms with Gasteiger partial charge < -0.3 is 9.32 Å². The molecule has 3 rings (SSSR count). The Kier molecular flexibility index (Phi) is 4.01. The smallest absolute Gasteiger partial charge is 0.254 e. The van der Waals surface area contributed by atoms with Crippen LogP contribution in [0.1, 0.15) is 24.2 Å². The maximum atomic E-state index is 12.6. The van der Waals surface area contributed by atoms with Crippen LogP contribution >= 0.6 is 11.8 Å². The molecule has 1 aromatic carbocycles. The lowest BCUT2D eigenvalue weighted by Gasteiger charge is -2.37. The second kappa shape index (κ2) is 5.93. The number of hydrogen-bond acceptors (Lipinski definition) is 4. The molecule has 5 heteroatoms. The van der Waals surface area contributed by atoms with Crippen LogP contribution in [-0.4, -0.2) is 39.4 Å². The number of benzene rings is 1. The topological polar surface area (TPSA) is 46.3 Å². The number of oxazole rings is 1. The van der Waals surface area contributed by atoms with Crippen molar-refractivity contribution in [3.05, 3.63) is 42.4 Å². The van der Waals surface area contributed by atoms with E-state index in [4.69, 9.17) is 4.42 Å². The van der Waals surface area contributed by atoms with Crippen molar-refractivity contribution in [2.45, 2.75) is 25.1 Å². The Morgan fingerprint density at radius 2 is 2.10 bits per heavy atom. The van der Waals surface area contributed by atoms with Gasteiger partial charge in [-0.05, 0) is 19.1 Å². The molecule has 0 unspecified atom stereocenters. The lowest BCUT2D eigenvalue weighted by atomic mass is 10.1. The highest BCUT2D eigenvalue weighted by atomic mass is 32.2. The van der Waals surface area contributed by atoms with Crippen molar-refractivity contribution in [1.82, 2.24) is 9.88 Å². The van der Waals surface area contributed by atoms with Crippen LogP contribution in [-0.2, 0) is 0 Å². The third kappa shape index (κ3) is 2.83. The first kappa shape index (κ1) is 14.2. The molecule has 2 aromatic rings. The second-order valence-corrected chi connectivity index (χ2v) is 6.74. The number of thioether (sulfide) groups is 1. The number of hydrogen-bond donors (Lipinski definition) is 0. The second-order valence-electron chi connectivity index (χ2n) is 5.26. The maximum Gasteiger partial charge on any atom is 0.254 e. The molecule has 0 bridgehead atoms. The van der Waals surface area contributed by atoms with E-state index in [0.29, 0.717) is 11.0 Å². The van der Waals surface area contributed by atoms with Crippen LogP contribution in [0.25, 0.3) is 11.3 Å². The van der Waals surface area contributed by atoms with E-state index in [1.165, 1.54) is 6.39 Å². The average Bonchev–Trinajstić information content (AvgIpc) is 3.04. The van der Waals surface area contributed by atoms with E-state index >= 15 is 0 Å². The van der Waals surface area contributed by atoms with Crippen molar-refractivity contribution in [3.8, 4) is 11.3 Å². The molecule has 110 valence electrons. The Bertz CT molecular complexity index is 610. The average molecular weight is 302 g/mol. The third-order valence-corrected chi connectivity index (χ3v) is 5.33. The summed E-state index contributed by atoms with van der Waals surface area (Å²) in [5, 5.41) is 0.483. The summed E-state index contributed by atoms with van der Waals surface area (Å²) in [4.78, 5) is 18.5. The number of rotatable bonds is 2. The van der Waals surface area contributed by atoms with E-state index in [-0.39, 0.29) is 11.9 Å². The van der Waals surface area contributed by atoms with Gasteiger partial charge in [0.15, 0.2) is 12.2 Å². The van der Waals surface area contributed by atoms with Crippen molar-refractivity contribution in [2.75, 3.05) is 12.3 Å². The molecule has 21 heavy (non-hydrogen) atoms. The Morgan fingerprint density at radius 3 is 2.76 bits per heavy atom. The first-order chi connectivity index (χ1) is 10.2. The van der Waals surface area contributed by atoms with Gasteiger partial charge in [0.1, 0.15) is 0 Å². The van der Waals surface area contributed by atoms with E-state index in [9.17, 15) is 4.79 Å². The van der Waals surface area contributed by atoms with Crippen molar-refractivity contribution >= 4 is 17.7 Å². The lowest BCUT2D eigenvalue weighted by Crippen LogP contribution is -2.47. The van der Waals surface area contributed by atoms with Gasteiger partial charge in [-0.3, -0.25) is 4.79 Å². The highest BCUT2D eigenvalue weighted by molar-refractivity contribution is 8.00. The molecule has 4 nitrogen and oxygen atoms in total. The van der Waals surface area contributed by atoms with Crippen LogP contribution in [0.3, 0.4) is 0 Å². The fourth-order valence-electron chi connectivity index (χ4n) is 2.52. The molecular formula is C16H18N2O2S. The number of carbonyl (C=O) groups is 1. The Labute approximate surface area is 128 Å². The van der Waals surface area contributed by atoms with Gasteiger partial charge in [0.05, 0.1) is 6.20 Å². The highest BCUT2D eigenvalue weighted by Crippen LogP contribution is 2.26. The molecule has 0 aliphatic carbocycles. The van der Waals surface area contributed by atoms with E-state index in [2.05, 4.69) is 18.8 Å². The normalized spacial score (nSPS) is 22.3. The molecule has 1 amide bonds. The summed E-state index contributed by atoms with van der Waals surface area (Å²) >= 11 is 1.93. The summed E-state index contributed by atoms with van der Waals surface area (Å²) in [6, 6.07) is 7.80. The van der Waals surface area contributed by atoms with Crippen molar-refractivity contribution in [1.29, 1.82) is 0 Å². The Balaban J connectivity index is 1.79. The predicted octanol–water partition coefficient (Wildman–Crippen LogP) is 3.31. The van der Waals surface area contributed by atoms with Crippen LogP contribution in [0.2, 0.25) is 0 Å². The zero-order valence-electron chi connectivity index (χ0n) is 12.2. The fourth-order valence-corrected chi connectivity index (χ4v) is 3.62. The molecule has 0 saturated carbocycles. The van der Waals surface area contributed by atoms with E-state index in [1.807, 2.05) is 40.9 Å². The predicted molar refractivity (Wildman–Crippen MR) is 84.4 cm³/mol. The quantitative estimate of drug-likeness (QED) is 0.854. The minimum Gasteiger partial charge on any atom is -0.444 e. The SMILES string of the molecule is C[C@@H]1SCCN(C(=O)c2ccc(-c3cnco3)cc2)[C@H]1C. The Hall–Kier alpha value is -1.75. The largest absolute Gasteiger partial charge is 0.444 e. The summed E-state index contributed by atoms with van der Waals surface area (Å²) in [7, 11) is 0. The van der Waals surface area contributed by atoms with Crippen LogP contribution in [0, 0.1) is 0 Å². The first-order valence-corrected chi connectivity index (χ1v) is 8.13. The number of nitrogens with zero attached hydrogens (tertiary/aromatic N) is 2. The van der Waals surface area contributed by atoms with Crippen LogP contribution in [0.15, 0.2) is 41.3 Å². The summed E-state index contributed by atoms with van der Waals surface area (Å²) < 4.78 is 5.26. The molecule has 1 aliphatic rings. The molecule has 0 N–H and O–H groups in total. The van der Waals surface area contributed by atoms with E-state index < -0.39 is 0 Å². The van der Waals surface area contributed by atoms with Gasteiger partial charge in [0, 0.05) is 34.7 Å². The number of amides is 1. The van der Waals surface area contributed by atoms with E-state index in [1.54, 1.807) is 6.20 Å². The van der Waals surface area contributed by atoms with Gasteiger partial charge in [-0.2, -0.15) is 11.8 Å². The standard InChI is InChI=1S/C16H18N2O2S/c1-11-12(2)21-8-7-18(11)16(19)14-5-3-13(4-6-14)15-9-17-10-20-15/h3-6,9-12H,7-8H2,1-2H3/t11-,12-/m0/s1. The summed E-state index contributed by atoms with van der Waals surface area (Å²) in [5.74, 6) is 1.83. The molecule has 2 atom stereocenters. The van der Waals surface area contributed by atoms with Gasteiger partial charge in [-0.25, -0.2) is 4.98 Å². The Morgan fingerprint density at radius 1 is 1.33 bits per heavy atom. The first-order valence-electron chi connectivity index (χ1n) is 7.08. The molecule has 1 saturated heterocycles. The fraction of sp³-hybridized carbons (Fsp3) is 0.375. The monoisotopic (exact) mass is 302 g/mol. The zero-order chi connectivity index (χ0) is 14.8. The number of carbonyl (C=O) groups excluding carboxylic acids is 1. The summed E-state index contributed by atoms with van der Waals surface area (Å²) in [6.07, 6.45) is 3.07. The molecule has 2 heterocycles. The minimum absolute atomic E-state index is 0.110. The maximum absolute atomic E-state index is 12.6. The minimum atomic E-state index is 0.110. The molecule has 1 aliphatic heterocycles. The summed E-state index contributed by atoms with van der Waals surface area (Å²) in [5.41, 5.74) is 1.66. The van der Waals surface area contributed by atoms with Crippen molar-refractivity contribution in [2.24, 2.45) is 0 Å². The van der Waals surface area contributed by atoms with Gasteiger partial charge in [0.2, 0.25) is 0 Å². The number of aromatic nitrogens is 1. The molecular weight excluding hydrogens is 284 g/mol. The lowest BCUT2D eigenvalue weighted by molar-refractivity contribution is 0.0698. The highest BCUT2D eigenvalue weighted by Gasteiger charge is 2.29.